The quantitative estimate of drug-likeness (QED) is 0.803. The van der Waals surface area contributed by atoms with Crippen LogP contribution in [0.5, 0.6) is 0 Å². The molecular weight excluding hydrogens is 306 g/mol. The first kappa shape index (κ1) is 16.8. The van der Waals surface area contributed by atoms with Crippen LogP contribution >= 0.6 is 0 Å². The predicted molar refractivity (Wildman–Crippen MR) is 80.0 cm³/mol. The summed E-state index contributed by atoms with van der Waals surface area (Å²) in [7, 11) is 0. The van der Waals surface area contributed by atoms with Crippen LogP contribution in [0.4, 0.5) is 8.78 Å². The zero-order chi connectivity index (χ0) is 17.1. The number of amides is 1. The van der Waals surface area contributed by atoms with Crippen LogP contribution in [0.1, 0.15) is 34.6 Å². The molecule has 0 aliphatic carbocycles. The highest BCUT2D eigenvalue weighted by atomic mass is 19.2. The third-order valence-electron chi connectivity index (χ3n) is 3.42. The first-order chi connectivity index (χ1) is 10.8. The molecule has 5 nitrogen and oxygen atoms in total. The van der Waals surface area contributed by atoms with E-state index in [2.05, 4.69) is 10.3 Å². The average molecular weight is 322 g/mol. The van der Waals surface area contributed by atoms with Gasteiger partial charge in [-0.1, -0.05) is 6.07 Å². The second kappa shape index (κ2) is 6.70. The summed E-state index contributed by atoms with van der Waals surface area (Å²) in [6.45, 7) is 3.17. The number of rotatable bonds is 4. The van der Waals surface area contributed by atoms with E-state index in [0.717, 1.165) is 12.1 Å². The van der Waals surface area contributed by atoms with Gasteiger partial charge < -0.3 is 15.4 Å². The smallest absolute Gasteiger partial charge is 0.260 e. The largest absolute Gasteiger partial charge is 0.386 e. The Morgan fingerprint density at radius 2 is 1.91 bits per heavy atom. The molecule has 1 aromatic carbocycles. The van der Waals surface area contributed by atoms with Crippen LogP contribution in [0.2, 0.25) is 0 Å². The third-order valence-corrected chi connectivity index (χ3v) is 3.42. The highest BCUT2D eigenvalue weighted by Gasteiger charge is 2.21. The van der Waals surface area contributed by atoms with E-state index >= 15 is 0 Å². The van der Waals surface area contributed by atoms with E-state index in [0.29, 0.717) is 5.69 Å². The zero-order valence-corrected chi connectivity index (χ0v) is 12.6. The third kappa shape index (κ3) is 3.81. The number of H-pyrrole nitrogens is 1. The Morgan fingerprint density at radius 3 is 2.52 bits per heavy atom. The van der Waals surface area contributed by atoms with Crippen LogP contribution in [0.25, 0.3) is 0 Å². The van der Waals surface area contributed by atoms with Gasteiger partial charge >= 0.3 is 0 Å². The lowest BCUT2D eigenvalue weighted by Gasteiger charge is -2.20. The van der Waals surface area contributed by atoms with Gasteiger partial charge in [0.2, 0.25) is 0 Å². The van der Waals surface area contributed by atoms with Gasteiger partial charge in [-0.05, 0) is 43.7 Å². The fourth-order valence-electron chi connectivity index (χ4n) is 2.10. The molecular formula is C16H16F2N2O3. The summed E-state index contributed by atoms with van der Waals surface area (Å²) in [4.78, 5) is 26.3. The van der Waals surface area contributed by atoms with Gasteiger partial charge in [-0.3, -0.25) is 9.59 Å². The maximum atomic E-state index is 13.2. The highest BCUT2D eigenvalue weighted by molar-refractivity contribution is 5.94. The standard InChI is InChI=1S/C16H16F2N2O3/c1-8-3-5-11(15(22)19-8)16(23)20-9(2)14(21)10-4-6-12(17)13(18)7-10/h3-7,9,14,21H,1-2H3,(H,19,22)(H,20,23). The predicted octanol–water partition coefficient (Wildman–Crippen LogP) is 1.81. The second-order valence-electron chi connectivity index (χ2n) is 5.26. The Hall–Kier alpha value is -2.54. The summed E-state index contributed by atoms with van der Waals surface area (Å²) in [6.07, 6.45) is -1.25. The second-order valence-corrected chi connectivity index (χ2v) is 5.26. The van der Waals surface area contributed by atoms with E-state index in [1.165, 1.54) is 19.1 Å². The molecule has 0 fully saturated rings. The van der Waals surface area contributed by atoms with E-state index in [1.807, 2.05) is 0 Å². The molecule has 0 saturated heterocycles. The van der Waals surface area contributed by atoms with Crippen LogP contribution < -0.4 is 10.9 Å². The van der Waals surface area contributed by atoms with Crippen molar-refractivity contribution in [1.29, 1.82) is 0 Å². The SMILES string of the molecule is Cc1ccc(C(=O)NC(C)C(O)c2ccc(F)c(F)c2)c(=O)[nH]1. The molecule has 122 valence electrons. The van der Waals surface area contributed by atoms with Crippen LogP contribution in [0.3, 0.4) is 0 Å². The lowest BCUT2D eigenvalue weighted by Crippen LogP contribution is -2.39. The molecule has 0 radical (unpaired) electrons. The van der Waals surface area contributed by atoms with Crippen molar-refractivity contribution in [3.63, 3.8) is 0 Å². The average Bonchev–Trinajstić information content (AvgIpc) is 2.49. The number of benzene rings is 1. The normalized spacial score (nSPS) is 13.4. The summed E-state index contributed by atoms with van der Waals surface area (Å²) in [6, 6.07) is 5.12. The molecule has 23 heavy (non-hydrogen) atoms. The molecule has 2 unspecified atom stereocenters. The number of hydrogen-bond acceptors (Lipinski definition) is 3. The Balaban J connectivity index is 2.14. The minimum atomic E-state index is -1.25. The molecule has 7 heteroatoms. The van der Waals surface area contributed by atoms with Gasteiger partial charge in [-0.2, -0.15) is 0 Å². The molecule has 1 heterocycles. The molecule has 1 amide bonds. The number of nitrogens with one attached hydrogen (secondary N) is 2. The first-order valence-corrected chi connectivity index (χ1v) is 6.93. The van der Waals surface area contributed by atoms with Crippen LogP contribution in [-0.4, -0.2) is 22.0 Å². The van der Waals surface area contributed by atoms with Crippen LogP contribution in [-0.2, 0) is 0 Å². The number of hydrogen-bond donors (Lipinski definition) is 3. The number of aliphatic hydroxyl groups is 1. The number of pyridine rings is 1. The number of aromatic amines is 1. The fraction of sp³-hybridized carbons (Fsp3) is 0.250. The monoisotopic (exact) mass is 322 g/mol. The van der Waals surface area contributed by atoms with Crippen molar-refractivity contribution in [2.24, 2.45) is 0 Å². The molecule has 3 N–H and O–H groups in total. The minimum absolute atomic E-state index is 0.0973. The number of carbonyl (C=O) groups excluding carboxylic acids is 1. The summed E-state index contributed by atoms with van der Waals surface area (Å²) < 4.78 is 26.1. The Morgan fingerprint density at radius 1 is 1.22 bits per heavy atom. The van der Waals surface area contributed by atoms with Crippen LogP contribution in [0, 0.1) is 18.6 Å². The lowest BCUT2D eigenvalue weighted by atomic mass is 10.0. The molecule has 1 aromatic heterocycles. The topological polar surface area (TPSA) is 82.2 Å². The molecule has 0 saturated carbocycles. The molecule has 0 spiro atoms. The Kier molecular flexibility index (Phi) is 4.90. The Labute approximate surface area is 131 Å². The molecule has 2 aromatic rings. The van der Waals surface area contributed by atoms with Crippen molar-refractivity contribution in [2.75, 3.05) is 0 Å². The van der Waals surface area contributed by atoms with Crippen molar-refractivity contribution >= 4 is 5.91 Å². The van der Waals surface area contributed by atoms with E-state index in [4.69, 9.17) is 0 Å². The minimum Gasteiger partial charge on any atom is -0.386 e. The van der Waals surface area contributed by atoms with Gasteiger partial charge in [-0.25, -0.2) is 8.78 Å². The van der Waals surface area contributed by atoms with Crippen LogP contribution in [0.15, 0.2) is 35.1 Å². The first-order valence-electron chi connectivity index (χ1n) is 6.93. The number of halogens is 2. The molecule has 0 bridgehead atoms. The summed E-state index contributed by atoms with van der Waals surface area (Å²) in [5, 5.41) is 12.6. The summed E-state index contributed by atoms with van der Waals surface area (Å²) in [5.41, 5.74) is 0.0906. The van der Waals surface area contributed by atoms with E-state index in [-0.39, 0.29) is 11.1 Å². The molecule has 2 rings (SSSR count). The van der Waals surface area contributed by atoms with Gasteiger partial charge in [0.05, 0.1) is 12.1 Å². The summed E-state index contributed by atoms with van der Waals surface area (Å²) in [5.74, 6) is -2.78. The van der Waals surface area contributed by atoms with Gasteiger partial charge in [0.15, 0.2) is 11.6 Å². The lowest BCUT2D eigenvalue weighted by molar-refractivity contribution is 0.0850. The number of aryl methyl sites for hydroxylation is 1. The maximum Gasteiger partial charge on any atom is 0.260 e. The van der Waals surface area contributed by atoms with Crippen molar-refractivity contribution in [1.82, 2.24) is 10.3 Å². The Bertz CT molecular complexity index is 789. The number of aromatic nitrogens is 1. The van der Waals surface area contributed by atoms with E-state index < -0.39 is 35.2 Å². The molecule has 2 atom stereocenters. The van der Waals surface area contributed by atoms with Gasteiger partial charge in [0.1, 0.15) is 5.56 Å². The molecule has 0 aliphatic heterocycles. The van der Waals surface area contributed by atoms with Gasteiger partial charge in [0.25, 0.3) is 11.5 Å². The van der Waals surface area contributed by atoms with Gasteiger partial charge in [-0.15, -0.1) is 0 Å². The maximum absolute atomic E-state index is 13.2. The highest BCUT2D eigenvalue weighted by Crippen LogP contribution is 2.19. The zero-order valence-electron chi connectivity index (χ0n) is 12.6. The van der Waals surface area contributed by atoms with Crippen molar-refractivity contribution in [2.45, 2.75) is 26.0 Å². The van der Waals surface area contributed by atoms with E-state index in [1.54, 1.807) is 13.0 Å². The molecule has 0 aliphatic rings. The van der Waals surface area contributed by atoms with E-state index in [9.17, 15) is 23.5 Å². The summed E-state index contributed by atoms with van der Waals surface area (Å²) >= 11 is 0. The van der Waals surface area contributed by atoms with Gasteiger partial charge in [0, 0.05) is 5.69 Å². The van der Waals surface area contributed by atoms with Crippen molar-refractivity contribution in [3.05, 3.63) is 69.1 Å². The van der Waals surface area contributed by atoms with Crippen molar-refractivity contribution < 1.29 is 18.7 Å². The fourth-order valence-corrected chi connectivity index (χ4v) is 2.10. The van der Waals surface area contributed by atoms with Crippen molar-refractivity contribution in [3.8, 4) is 0 Å². The number of carbonyl (C=O) groups is 1. The number of aliphatic hydroxyl groups excluding tert-OH is 1.